The first-order valence-corrected chi connectivity index (χ1v) is 12.9. The maximum Gasteiger partial charge on any atom is 0.253 e. The van der Waals surface area contributed by atoms with Crippen molar-refractivity contribution in [2.24, 2.45) is 0 Å². The lowest BCUT2D eigenvalue weighted by Crippen LogP contribution is -2.38. The Labute approximate surface area is 209 Å². The van der Waals surface area contributed by atoms with Crippen molar-refractivity contribution in [3.63, 3.8) is 0 Å². The van der Waals surface area contributed by atoms with Crippen molar-refractivity contribution in [3.05, 3.63) is 75.6 Å². The molecule has 3 rings (SSSR count). The van der Waals surface area contributed by atoms with Crippen molar-refractivity contribution in [2.75, 3.05) is 31.5 Å². The van der Waals surface area contributed by atoms with Crippen molar-refractivity contribution in [2.45, 2.75) is 53.5 Å². The molecule has 182 valence electrons. The molecule has 0 fully saturated rings. The summed E-state index contributed by atoms with van der Waals surface area (Å²) in [6.07, 6.45) is 2.95. The van der Waals surface area contributed by atoms with E-state index in [0.29, 0.717) is 11.7 Å². The number of rotatable bonds is 11. The van der Waals surface area contributed by atoms with Crippen LogP contribution in [0.2, 0.25) is 0 Å². The molecule has 34 heavy (non-hydrogen) atoms. The monoisotopic (exact) mass is 478 g/mol. The Balaban J connectivity index is 1.82. The van der Waals surface area contributed by atoms with E-state index in [1.54, 1.807) is 0 Å². The maximum atomic E-state index is 12.9. The fourth-order valence-corrected chi connectivity index (χ4v) is 4.42. The molecule has 5 nitrogen and oxygen atoms in total. The lowest BCUT2D eigenvalue weighted by Gasteiger charge is -2.27. The van der Waals surface area contributed by atoms with Crippen LogP contribution in [0.3, 0.4) is 0 Å². The third-order valence-electron chi connectivity index (χ3n) is 6.45. The Morgan fingerprint density at radius 2 is 1.59 bits per heavy atom. The molecule has 0 radical (unpaired) electrons. The van der Waals surface area contributed by atoms with Gasteiger partial charge in [-0.15, -0.1) is 0 Å². The van der Waals surface area contributed by atoms with Gasteiger partial charge in [-0.05, 0) is 98.0 Å². The van der Waals surface area contributed by atoms with Gasteiger partial charge in [0.2, 0.25) is 0 Å². The summed E-state index contributed by atoms with van der Waals surface area (Å²) in [4.78, 5) is 20.5. The molecule has 0 amide bonds. The molecule has 0 aliphatic heterocycles. The zero-order chi connectivity index (χ0) is 24.5. The molecule has 0 unspecified atom stereocenters. The Bertz CT molecular complexity index is 1140. The SMILES string of the molecule is CCc1ccc(NC(=S)N(CCCN(CC)CC)Cc2cc3cc(CC)ccc3[nH]c2=O)cc1. The molecule has 0 aliphatic rings. The lowest BCUT2D eigenvalue weighted by atomic mass is 10.1. The Morgan fingerprint density at radius 3 is 2.24 bits per heavy atom. The second-order valence-electron chi connectivity index (χ2n) is 8.68. The smallest absolute Gasteiger partial charge is 0.253 e. The van der Waals surface area contributed by atoms with Crippen LogP contribution in [-0.2, 0) is 19.4 Å². The van der Waals surface area contributed by atoms with Crippen molar-refractivity contribution < 1.29 is 0 Å². The molecule has 2 N–H and O–H groups in total. The van der Waals surface area contributed by atoms with Crippen LogP contribution in [0.25, 0.3) is 10.9 Å². The highest BCUT2D eigenvalue weighted by Gasteiger charge is 2.14. The number of nitrogens with zero attached hydrogens (tertiary/aromatic N) is 2. The fraction of sp³-hybridized carbons (Fsp3) is 0.429. The Morgan fingerprint density at radius 1 is 0.912 bits per heavy atom. The summed E-state index contributed by atoms with van der Waals surface area (Å²) >= 11 is 5.82. The van der Waals surface area contributed by atoms with Crippen LogP contribution in [-0.4, -0.2) is 46.1 Å². The number of thiocarbonyl (C=S) groups is 1. The van der Waals surface area contributed by atoms with Crippen LogP contribution in [0.4, 0.5) is 5.69 Å². The van der Waals surface area contributed by atoms with E-state index in [1.165, 1.54) is 11.1 Å². The van der Waals surface area contributed by atoms with E-state index in [0.717, 1.165) is 67.6 Å². The number of aromatic nitrogens is 1. The number of H-pyrrole nitrogens is 1. The van der Waals surface area contributed by atoms with Gasteiger partial charge in [0, 0.05) is 23.3 Å². The van der Waals surface area contributed by atoms with Gasteiger partial charge in [0.1, 0.15) is 0 Å². The summed E-state index contributed by atoms with van der Waals surface area (Å²) < 4.78 is 0. The standard InChI is InChI=1S/C28H38N4OS/c1-5-21-10-13-25(14-11-21)29-28(34)32(17-9-16-31(7-3)8-4)20-24-19-23-18-22(6-2)12-15-26(23)30-27(24)33/h10-15,18-19H,5-9,16-17,20H2,1-4H3,(H,29,34)(H,30,33). The highest BCUT2D eigenvalue weighted by molar-refractivity contribution is 7.80. The largest absolute Gasteiger partial charge is 0.344 e. The molecule has 1 aromatic heterocycles. The molecule has 0 aliphatic carbocycles. The minimum absolute atomic E-state index is 0.0550. The van der Waals surface area contributed by atoms with Gasteiger partial charge in [0.25, 0.3) is 5.56 Å². The summed E-state index contributed by atoms with van der Waals surface area (Å²) in [5.74, 6) is 0. The van der Waals surface area contributed by atoms with Gasteiger partial charge in [-0.2, -0.15) is 0 Å². The number of fused-ring (bicyclic) bond motifs is 1. The number of hydrogen-bond acceptors (Lipinski definition) is 3. The van der Waals surface area contributed by atoms with Gasteiger partial charge in [-0.1, -0.05) is 45.9 Å². The summed E-state index contributed by atoms with van der Waals surface area (Å²) in [6, 6.07) is 16.6. The van der Waals surface area contributed by atoms with Gasteiger partial charge in [-0.3, -0.25) is 4.79 Å². The van der Waals surface area contributed by atoms with Crippen molar-refractivity contribution >= 4 is 33.9 Å². The van der Waals surface area contributed by atoms with E-state index in [4.69, 9.17) is 12.2 Å². The lowest BCUT2D eigenvalue weighted by molar-refractivity contribution is 0.281. The van der Waals surface area contributed by atoms with E-state index in [9.17, 15) is 4.79 Å². The zero-order valence-corrected chi connectivity index (χ0v) is 21.8. The number of nitrogens with one attached hydrogen (secondary N) is 2. The van der Waals surface area contributed by atoms with Crippen LogP contribution < -0.4 is 10.9 Å². The molecule has 0 spiro atoms. The van der Waals surface area contributed by atoms with E-state index >= 15 is 0 Å². The molecule has 2 aromatic carbocycles. The van der Waals surface area contributed by atoms with Gasteiger partial charge >= 0.3 is 0 Å². The average Bonchev–Trinajstić information content (AvgIpc) is 2.86. The topological polar surface area (TPSA) is 51.4 Å². The molecule has 0 atom stereocenters. The van der Waals surface area contributed by atoms with Gasteiger partial charge in [0.05, 0.1) is 6.54 Å². The molecule has 1 heterocycles. The molecule has 0 saturated carbocycles. The number of hydrogen-bond donors (Lipinski definition) is 2. The van der Waals surface area contributed by atoms with Crippen LogP contribution in [0.15, 0.2) is 53.3 Å². The summed E-state index contributed by atoms with van der Waals surface area (Å²) in [5.41, 5.74) is 5.07. The van der Waals surface area contributed by atoms with Crippen LogP contribution >= 0.6 is 12.2 Å². The van der Waals surface area contributed by atoms with E-state index in [-0.39, 0.29) is 5.56 Å². The quantitative estimate of drug-likeness (QED) is 0.352. The first-order chi connectivity index (χ1) is 16.5. The maximum absolute atomic E-state index is 12.9. The summed E-state index contributed by atoms with van der Waals surface area (Å²) in [6.45, 7) is 13.0. The van der Waals surface area contributed by atoms with Gasteiger partial charge in [-0.25, -0.2) is 0 Å². The minimum atomic E-state index is -0.0550. The van der Waals surface area contributed by atoms with Crippen molar-refractivity contribution in [3.8, 4) is 0 Å². The third kappa shape index (κ3) is 6.90. The second-order valence-corrected chi connectivity index (χ2v) is 9.07. The van der Waals surface area contributed by atoms with Gasteiger partial charge in [0.15, 0.2) is 5.11 Å². The normalized spacial score (nSPS) is 11.2. The highest BCUT2D eigenvalue weighted by atomic mass is 32.1. The van der Waals surface area contributed by atoms with Crippen molar-refractivity contribution in [1.29, 1.82) is 0 Å². The van der Waals surface area contributed by atoms with E-state index in [2.05, 4.69) is 84.2 Å². The molecular weight excluding hydrogens is 440 g/mol. The minimum Gasteiger partial charge on any atom is -0.344 e. The van der Waals surface area contributed by atoms with Crippen LogP contribution in [0, 0.1) is 0 Å². The predicted octanol–water partition coefficient (Wildman–Crippen LogP) is 5.58. The average molecular weight is 479 g/mol. The molecular formula is C28H38N4OS. The van der Waals surface area contributed by atoms with Crippen LogP contribution in [0.5, 0.6) is 0 Å². The number of anilines is 1. The number of aromatic amines is 1. The van der Waals surface area contributed by atoms with E-state index < -0.39 is 0 Å². The number of aryl methyl sites for hydroxylation is 2. The zero-order valence-electron chi connectivity index (χ0n) is 21.0. The Hall–Kier alpha value is -2.70. The summed E-state index contributed by atoms with van der Waals surface area (Å²) in [5, 5.41) is 5.09. The molecule has 6 heteroatoms. The highest BCUT2D eigenvalue weighted by Crippen LogP contribution is 2.17. The number of pyridine rings is 1. The number of benzene rings is 2. The predicted molar refractivity (Wildman–Crippen MR) is 149 cm³/mol. The first-order valence-electron chi connectivity index (χ1n) is 12.5. The fourth-order valence-electron chi connectivity index (χ4n) is 4.15. The van der Waals surface area contributed by atoms with Crippen LogP contribution in [0.1, 0.15) is 50.8 Å². The summed E-state index contributed by atoms with van der Waals surface area (Å²) in [7, 11) is 0. The Kier molecular flexibility index (Phi) is 9.66. The first kappa shape index (κ1) is 25.9. The van der Waals surface area contributed by atoms with Crippen molar-refractivity contribution in [1.82, 2.24) is 14.8 Å². The molecule has 0 bridgehead atoms. The molecule has 3 aromatic rings. The van der Waals surface area contributed by atoms with E-state index in [1.807, 2.05) is 12.1 Å². The second kappa shape index (κ2) is 12.7. The van der Waals surface area contributed by atoms with Gasteiger partial charge < -0.3 is 20.1 Å². The third-order valence-corrected chi connectivity index (χ3v) is 6.81. The molecule has 0 saturated heterocycles.